The number of nitrogens with zero attached hydrogens (tertiary/aromatic N) is 3. The molecule has 0 bridgehead atoms. The minimum atomic E-state index is -4.47. The number of rotatable bonds is 6. The van der Waals surface area contributed by atoms with Gasteiger partial charge in [0.2, 0.25) is 5.51 Å². The van der Waals surface area contributed by atoms with Gasteiger partial charge in [-0.15, -0.1) is 0 Å². The van der Waals surface area contributed by atoms with Crippen molar-refractivity contribution in [1.29, 1.82) is 0 Å². The molecule has 0 aliphatic heterocycles. The van der Waals surface area contributed by atoms with E-state index in [4.69, 9.17) is 19.9 Å². The van der Waals surface area contributed by atoms with Gasteiger partial charge in [0, 0.05) is 36.9 Å². The zero-order valence-corrected chi connectivity index (χ0v) is 21.8. The normalized spacial score (nSPS) is 11.8. The van der Waals surface area contributed by atoms with Gasteiger partial charge < -0.3 is 10.8 Å². The minimum Gasteiger partial charge on any atom is -0.396 e. The van der Waals surface area contributed by atoms with E-state index in [1.54, 1.807) is 17.5 Å². The third-order valence-electron chi connectivity index (χ3n) is 5.25. The Kier molecular flexibility index (Phi) is 8.38. The number of anilines is 1. The first kappa shape index (κ1) is 27.6. The third kappa shape index (κ3) is 6.40. The third-order valence-corrected chi connectivity index (χ3v) is 8.22. The largest absolute Gasteiger partial charge is 0.396 e. The number of nitrogens with two attached hydrogens (primary N) is 1. The minimum absolute atomic E-state index is 0.0233. The van der Waals surface area contributed by atoms with Crippen LogP contribution in [0.15, 0.2) is 57.9 Å². The second-order valence-electron chi connectivity index (χ2n) is 7.72. The maximum absolute atomic E-state index is 11.2. The predicted molar refractivity (Wildman–Crippen MR) is 134 cm³/mol. The summed E-state index contributed by atoms with van der Waals surface area (Å²) in [5.41, 5.74) is 10.0. The van der Waals surface area contributed by atoms with Gasteiger partial charge in [-0.25, -0.2) is 9.97 Å². The Balaban J connectivity index is 0.000000201. The van der Waals surface area contributed by atoms with Crippen molar-refractivity contribution >= 4 is 48.2 Å². The van der Waals surface area contributed by atoms with E-state index < -0.39 is 30.0 Å². The molecule has 14 heteroatoms. The number of aliphatic hydroxyl groups excluding tert-OH is 1. The number of aromatic nitrogens is 3. The van der Waals surface area contributed by atoms with Crippen LogP contribution >= 0.6 is 11.3 Å². The Bertz CT molecular complexity index is 1550. The van der Waals surface area contributed by atoms with Crippen LogP contribution in [0.5, 0.6) is 0 Å². The lowest BCUT2D eigenvalue weighted by atomic mass is 10.1. The molecule has 2 aromatic heterocycles. The molecule has 36 heavy (non-hydrogen) atoms. The maximum Gasteiger partial charge on any atom is 0.295 e. The number of hydrogen-bond donors (Lipinski definition) is 4. The van der Waals surface area contributed by atoms with Crippen LogP contribution in [-0.4, -0.2) is 47.6 Å². The summed E-state index contributed by atoms with van der Waals surface area (Å²) in [7, 11) is -8.94. The zero-order valence-electron chi connectivity index (χ0n) is 19.4. The molecule has 0 fully saturated rings. The molecule has 192 valence electrons. The number of nitrogen functional groups attached to an aromatic ring is 1. The van der Waals surface area contributed by atoms with E-state index in [1.165, 1.54) is 29.1 Å². The van der Waals surface area contributed by atoms with Gasteiger partial charge in [-0.05, 0) is 19.1 Å². The lowest BCUT2D eigenvalue weighted by Crippen LogP contribution is -2.35. The molecule has 0 saturated heterocycles. The molecule has 0 amide bonds. The highest BCUT2D eigenvalue weighted by atomic mass is 32.2. The van der Waals surface area contributed by atoms with Crippen molar-refractivity contribution in [1.82, 2.24) is 9.97 Å². The average Bonchev–Trinajstić information content (AvgIpc) is 3.13. The molecule has 5 N–H and O–H groups in total. The molecule has 0 unspecified atom stereocenters. The van der Waals surface area contributed by atoms with E-state index in [1.807, 2.05) is 19.4 Å². The Labute approximate surface area is 212 Å². The molecular weight excluding hydrogens is 528 g/mol. The summed E-state index contributed by atoms with van der Waals surface area (Å²) in [6.45, 7) is 4.71. The first-order valence-electron chi connectivity index (χ1n) is 10.4. The topological polar surface area (TPSA) is 185 Å². The van der Waals surface area contributed by atoms with Gasteiger partial charge in [0.05, 0.1) is 10.4 Å². The standard InChI is InChI=1S/C12H17N4OS.C10H8O6S2/c1-8-11(3-4-17)18-7-16(8)6-10-5-14-9(2)15-12(10)13;11-17(12,13)9-5-1-3-7-8(9)4-2-6-10(7)18(14,15)16/h5,7,17H,3-4,6H2,1-2H3,(H2,13,14,15);1-6H,(H,11,12,13)(H,14,15,16)/q+1;. The van der Waals surface area contributed by atoms with E-state index in [-0.39, 0.29) is 17.4 Å². The van der Waals surface area contributed by atoms with Crippen molar-refractivity contribution in [3.8, 4) is 0 Å². The van der Waals surface area contributed by atoms with Crippen molar-refractivity contribution in [3.63, 3.8) is 0 Å². The van der Waals surface area contributed by atoms with Crippen molar-refractivity contribution in [2.75, 3.05) is 12.3 Å². The number of benzene rings is 2. The fraction of sp³-hybridized carbons (Fsp3) is 0.227. The van der Waals surface area contributed by atoms with Crippen LogP contribution in [-0.2, 0) is 33.2 Å². The highest BCUT2D eigenvalue weighted by Crippen LogP contribution is 2.28. The smallest absolute Gasteiger partial charge is 0.295 e. The Hall–Kier alpha value is -3.01. The van der Waals surface area contributed by atoms with Crippen molar-refractivity contribution in [3.05, 3.63) is 70.1 Å². The van der Waals surface area contributed by atoms with Crippen LogP contribution in [0.2, 0.25) is 0 Å². The predicted octanol–water partition coefficient (Wildman–Crippen LogP) is 1.94. The first-order chi connectivity index (χ1) is 16.8. The van der Waals surface area contributed by atoms with Crippen LogP contribution in [0.3, 0.4) is 0 Å². The van der Waals surface area contributed by atoms with E-state index in [2.05, 4.69) is 14.5 Å². The molecule has 0 aliphatic carbocycles. The van der Waals surface area contributed by atoms with Crippen LogP contribution < -0.4 is 10.3 Å². The number of thiazole rings is 1. The number of hydrogen-bond acceptors (Lipinski definition) is 9. The van der Waals surface area contributed by atoms with Crippen LogP contribution in [0.25, 0.3) is 10.8 Å². The highest BCUT2D eigenvalue weighted by Gasteiger charge is 2.19. The quantitative estimate of drug-likeness (QED) is 0.203. The molecule has 11 nitrogen and oxygen atoms in total. The Morgan fingerprint density at radius 3 is 2.00 bits per heavy atom. The number of fused-ring (bicyclic) bond motifs is 1. The van der Waals surface area contributed by atoms with Crippen molar-refractivity contribution in [2.24, 2.45) is 0 Å². The summed E-state index contributed by atoms with van der Waals surface area (Å²) in [5.74, 6) is 1.22. The lowest BCUT2D eigenvalue weighted by molar-refractivity contribution is -0.689. The molecule has 0 radical (unpaired) electrons. The van der Waals surface area contributed by atoms with Gasteiger partial charge in [0.25, 0.3) is 20.2 Å². The van der Waals surface area contributed by atoms with Crippen molar-refractivity contribution < 1.29 is 35.6 Å². The fourth-order valence-electron chi connectivity index (χ4n) is 3.47. The van der Waals surface area contributed by atoms with Crippen molar-refractivity contribution in [2.45, 2.75) is 36.6 Å². The molecule has 2 heterocycles. The van der Waals surface area contributed by atoms with Crippen LogP contribution in [0, 0.1) is 13.8 Å². The van der Waals surface area contributed by atoms with Crippen LogP contribution in [0.4, 0.5) is 5.82 Å². The highest BCUT2D eigenvalue weighted by molar-refractivity contribution is 7.86. The average molecular weight is 554 g/mol. The molecule has 4 aromatic rings. The second kappa shape index (κ2) is 10.9. The zero-order chi connectivity index (χ0) is 26.7. The van der Waals surface area contributed by atoms with E-state index >= 15 is 0 Å². The summed E-state index contributed by atoms with van der Waals surface area (Å²) in [6, 6.07) is 7.53. The van der Waals surface area contributed by atoms with E-state index in [9.17, 15) is 16.8 Å². The fourth-order valence-corrected chi connectivity index (χ4v) is 5.87. The first-order valence-corrected chi connectivity index (χ1v) is 14.2. The van der Waals surface area contributed by atoms with Crippen LogP contribution in [0.1, 0.15) is 22.0 Å². The van der Waals surface area contributed by atoms with Gasteiger partial charge in [-0.3, -0.25) is 9.11 Å². The van der Waals surface area contributed by atoms with Gasteiger partial charge in [0.15, 0.2) is 12.2 Å². The van der Waals surface area contributed by atoms with Gasteiger partial charge in [-0.2, -0.15) is 21.4 Å². The number of aryl methyl sites for hydroxylation is 1. The summed E-state index contributed by atoms with van der Waals surface area (Å²) < 4.78 is 64.8. The molecule has 2 aromatic carbocycles. The van der Waals surface area contributed by atoms with Gasteiger partial charge in [0.1, 0.15) is 21.4 Å². The van der Waals surface area contributed by atoms with E-state index in [0.29, 0.717) is 24.6 Å². The van der Waals surface area contributed by atoms with Gasteiger partial charge in [-0.1, -0.05) is 35.6 Å². The lowest BCUT2D eigenvalue weighted by Gasteiger charge is -2.06. The summed E-state index contributed by atoms with van der Waals surface area (Å²) in [5, 5.41) is 9.02. The Morgan fingerprint density at radius 1 is 0.972 bits per heavy atom. The Morgan fingerprint density at radius 2 is 1.53 bits per heavy atom. The summed E-state index contributed by atoms with van der Waals surface area (Å²) >= 11 is 1.65. The molecule has 0 spiro atoms. The SMILES string of the molecule is Cc1ncc(C[n+]2csc(CCO)c2C)c(N)n1.O=S(=O)(O)c1cccc2c(S(=O)(=O)O)cccc12. The second-order valence-corrected chi connectivity index (χ2v) is 11.4. The summed E-state index contributed by atoms with van der Waals surface area (Å²) in [4.78, 5) is 8.70. The van der Waals surface area contributed by atoms with E-state index in [0.717, 1.165) is 23.4 Å². The maximum atomic E-state index is 11.2. The molecular formula is C22H25N4O7S3+. The molecule has 4 rings (SSSR count). The molecule has 0 atom stereocenters. The van der Waals surface area contributed by atoms with Gasteiger partial charge >= 0.3 is 0 Å². The molecule has 0 saturated carbocycles. The number of aliphatic hydroxyl groups is 1. The monoisotopic (exact) mass is 553 g/mol. The summed E-state index contributed by atoms with van der Waals surface area (Å²) in [6.07, 6.45) is 2.47. The molecule has 0 aliphatic rings.